The second-order valence-corrected chi connectivity index (χ2v) is 8.75. The predicted molar refractivity (Wildman–Crippen MR) is 83.1 cm³/mol. The van der Waals surface area contributed by atoms with Gasteiger partial charge in [0.15, 0.2) is 0 Å². The highest BCUT2D eigenvalue weighted by molar-refractivity contribution is 14.1. The summed E-state index contributed by atoms with van der Waals surface area (Å²) in [6.45, 7) is 0. The Bertz CT molecular complexity index is 707. The van der Waals surface area contributed by atoms with Crippen LogP contribution in [-0.4, -0.2) is 13.9 Å². The maximum atomic E-state index is 12.5. The molecule has 0 unspecified atom stereocenters. The molecule has 0 heterocycles. The molecule has 0 aromatic heterocycles. The highest BCUT2D eigenvalue weighted by Gasteiger charge is 2.49. The van der Waals surface area contributed by atoms with Gasteiger partial charge in [-0.1, -0.05) is 12.8 Å². The Kier molecular flexibility index (Phi) is 3.90. The Morgan fingerprint density at radius 2 is 1.68 bits per heavy atom. The van der Waals surface area contributed by atoms with Crippen LogP contribution in [0.5, 0.6) is 5.75 Å². The Hall–Kier alpha value is -0.510. The molecular formula is C14H14F3IO3S. The number of rotatable bonds is 2. The van der Waals surface area contributed by atoms with Crippen LogP contribution in [0.15, 0.2) is 12.1 Å². The molecule has 1 saturated carbocycles. The molecule has 0 amide bonds. The van der Waals surface area contributed by atoms with Crippen LogP contribution in [0.1, 0.15) is 36.8 Å². The average molecular weight is 446 g/mol. The molecule has 8 heteroatoms. The van der Waals surface area contributed by atoms with Gasteiger partial charge in [0.05, 0.1) is 0 Å². The lowest BCUT2D eigenvalue weighted by molar-refractivity contribution is -0.0500. The predicted octanol–water partition coefficient (Wildman–Crippen LogP) is 4.18. The van der Waals surface area contributed by atoms with Gasteiger partial charge in [0.25, 0.3) is 0 Å². The standard InChI is InChI=1S/C14H14F3IO3S/c15-14(16,17)22(19,20)21-12-4-3-11(18)9-7-13(8-10(9)12)5-1-2-6-13/h3-4H,1-2,5-8H2. The third-order valence-electron chi connectivity index (χ3n) is 4.58. The summed E-state index contributed by atoms with van der Waals surface area (Å²) >= 11 is 2.14. The van der Waals surface area contributed by atoms with Crippen molar-refractivity contribution in [1.82, 2.24) is 0 Å². The lowest BCUT2D eigenvalue weighted by Crippen LogP contribution is -2.28. The van der Waals surface area contributed by atoms with Crippen LogP contribution in [0, 0.1) is 8.99 Å². The summed E-state index contributed by atoms with van der Waals surface area (Å²) in [7, 11) is -5.62. The zero-order valence-corrected chi connectivity index (χ0v) is 14.5. The van der Waals surface area contributed by atoms with Crippen LogP contribution in [-0.2, 0) is 23.0 Å². The van der Waals surface area contributed by atoms with E-state index >= 15 is 0 Å². The summed E-state index contributed by atoms with van der Waals surface area (Å²) in [6.07, 6.45) is 5.68. The lowest BCUT2D eigenvalue weighted by Gasteiger charge is -2.21. The maximum Gasteiger partial charge on any atom is 0.534 e. The molecule has 22 heavy (non-hydrogen) atoms. The lowest BCUT2D eigenvalue weighted by atomic mass is 9.83. The maximum absolute atomic E-state index is 12.5. The second kappa shape index (κ2) is 5.25. The largest absolute Gasteiger partial charge is 0.534 e. The summed E-state index contributed by atoms with van der Waals surface area (Å²) in [4.78, 5) is 0. The van der Waals surface area contributed by atoms with Gasteiger partial charge in [-0.2, -0.15) is 21.6 Å². The van der Waals surface area contributed by atoms with Gasteiger partial charge in [-0.15, -0.1) is 0 Å². The van der Waals surface area contributed by atoms with Gasteiger partial charge in [-0.25, -0.2) is 0 Å². The molecule has 0 aliphatic heterocycles. The first-order chi connectivity index (χ1) is 10.1. The van der Waals surface area contributed by atoms with Gasteiger partial charge in [0, 0.05) is 9.13 Å². The van der Waals surface area contributed by atoms with E-state index in [9.17, 15) is 21.6 Å². The summed E-state index contributed by atoms with van der Waals surface area (Å²) in [5.41, 5.74) is -3.77. The van der Waals surface area contributed by atoms with E-state index in [0.717, 1.165) is 41.2 Å². The zero-order chi connectivity index (χ0) is 16.2. The van der Waals surface area contributed by atoms with E-state index in [1.807, 2.05) is 0 Å². The van der Waals surface area contributed by atoms with Crippen molar-refractivity contribution in [1.29, 1.82) is 0 Å². The number of fused-ring (bicyclic) bond motifs is 1. The van der Waals surface area contributed by atoms with Crippen molar-refractivity contribution in [2.75, 3.05) is 0 Å². The summed E-state index contributed by atoms with van der Waals surface area (Å²) < 4.78 is 65.5. The van der Waals surface area contributed by atoms with Crippen molar-refractivity contribution in [3.63, 3.8) is 0 Å². The minimum absolute atomic E-state index is 0.0731. The zero-order valence-electron chi connectivity index (χ0n) is 11.5. The number of alkyl halides is 3. The minimum Gasteiger partial charge on any atom is -0.376 e. The van der Waals surface area contributed by atoms with Crippen LogP contribution in [0.25, 0.3) is 0 Å². The molecule has 0 N–H and O–H groups in total. The Morgan fingerprint density at radius 1 is 1.09 bits per heavy atom. The van der Waals surface area contributed by atoms with E-state index < -0.39 is 15.6 Å². The van der Waals surface area contributed by atoms with Gasteiger partial charge in [-0.05, 0) is 71.4 Å². The molecule has 0 saturated heterocycles. The van der Waals surface area contributed by atoms with Crippen LogP contribution in [0.3, 0.4) is 0 Å². The van der Waals surface area contributed by atoms with E-state index in [-0.39, 0.29) is 11.2 Å². The van der Waals surface area contributed by atoms with E-state index in [0.29, 0.717) is 12.0 Å². The first-order valence-corrected chi connectivity index (χ1v) is 9.43. The molecule has 122 valence electrons. The van der Waals surface area contributed by atoms with Crippen molar-refractivity contribution in [3.05, 3.63) is 26.8 Å². The summed E-state index contributed by atoms with van der Waals surface area (Å²) in [6, 6.07) is 2.95. The number of hydrogen-bond donors (Lipinski definition) is 0. The SMILES string of the molecule is O=S(=O)(Oc1ccc(I)c2c1CC1(CCCC1)C2)C(F)(F)F. The van der Waals surface area contributed by atoms with Gasteiger partial charge in [0.1, 0.15) is 5.75 Å². The van der Waals surface area contributed by atoms with E-state index in [1.165, 1.54) is 6.07 Å². The molecule has 0 radical (unpaired) electrons. The summed E-state index contributed by atoms with van der Waals surface area (Å²) in [5.74, 6) is -0.170. The Labute approximate surface area is 140 Å². The van der Waals surface area contributed by atoms with Gasteiger partial charge >= 0.3 is 15.6 Å². The molecule has 3 nitrogen and oxygen atoms in total. The minimum atomic E-state index is -5.62. The normalized spacial score (nSPS) is 20.4. The fraction of sp³-hybridized carbons (Fsp3) is 0.571. The van der Waals surface area contributed by atoms with Crippen LogP contribution < -0.4 is 4.18 Å². The smallest absolute Gasteiger partial charge is 0.376 e. The highest BCUT2D eigenvalue weighted by Crippen LogP contribution is 2.52. The molecule has 2 aliphatic carbocycles. The van der Waals surface area contributed by atoms with Crippen LogP contribution in [0.2, 0.25) is 0 Å². The quantitative estimate of drug-likeness (QED) is 0.389. The van der Waals surface area contributed by atoms with Crippen LogP contribution >= 0.6 is 22.6 Å². The highest BCUT2D eigenvalue weighted by atomic mass is 127. The molecule has 0 atom stereocenters. The molecule has 1 fully saturated rings. The topological polar surface area (TPSA) is 43.4 Å². The van der Waals surface area contributed by atoms with Crippen molar-refractivity contribution in [3.8, 4) is 5.75 Å². The van der Waals surface area contributed by atoms with Crippen molar-refractivity contribution >= 4 is 32.7 Å². The van der Waals surface area contributed by atoms with Gasteiger partial charge in [-0.3, -0.25) is 0 Å². The number of benzene rings is 1. The fourth-order valence-electron chi connectivity index (χ4n) is 3.56. The molecule has 2 aliphatic rings. The molecule has 1 aromatic rings. The van der Waals surface area contributed by atoms with Crippen molar-refractivity contribution in [2.24, 2.45) is 5.41 Å². The average Bonchev–Trinajstić information content (AvgIpc) is 3.00. The van der Waals surface area contributed by atoms with Crippen molar-refractivity contribution in [2.45, 2.75) is 44.0 Å². The first-order valence-electron chi connectivity index (χ1n) is 6.95. The molecular weight excluding hydrogens is 432 g/mol. The first kappa shape index (κ1) is 16.4. The Morgan fingerprint density at radius 3 is 2.27 bits per heavy atom. The number of hydrogen-bond acceptors (Lipinski definition) is 3. The molecule has 1 spiro atoms. The molecule has 0 bridgehead atoms. The Balaban J connectivity index is 1.98. The fourth-order valence-corrected chi connectivity index (χ4v) is 4.75. The number of halogens is 4. The monoisotopic (exact) mass is 446 g/mol. The van der Waals surface area contributed by atoms with E-state index in [2.05, 4.69) is 26.8 Å². The van der Waals surface area contributed by atoms with Crippen molar-refractivity contribution < 1.29 is 25.8 Å². The molecule has 3 rings (SSSR count). The van der Waals surface area contributed by atoms with E-state index in [1.54, 1.807) is 6.07 Å². The third-order valence-corrected chi connectivity index (χ3v) is 6.56. The third kappa shape index (κ3) is 2.72. The van der Waals surface area contributed by atoms with Gasteiger partial charge < -0.3 is 4.18 Å². The molecule has 1 aromatic carbocycles. The van der Waals surface area contributed by atoms with Gasteiger partial charge in [0.2, 0.25) is 0 Å². The van der Waals surface area contributed by atoms with E-state index in [4.69, 9.17) is 0 Å². The summed E-state index contributed by atoms with van der Waals surface area (Å²) in [5, 5.41) is 0. The second-order valence-electron chi connectivity index (χ2n) is 6.05. The van der Waals surface area contributed by atoms with Crippen LogP contribution in [0.4, 0.5) is 13.2 Å².